The summed E-state index contributed by atoms with van der Waals surface area (Å²) < 4.78 is 6.93. The molecule has 4 heterocycles. The fourth-order valence-electron chi connectivity index (χ4n) is 13.5. The lowest BCUT2D eigenvalue weighted by Gasteiger charge is -2.50. The van der Waals surface area contributed by atoms with Crippen LogP contribution in [0.1, 0.15) is 64.3 Å². The van der Waals surface area contributed by atoms with Gasteiger partial charge < -0.3 is 9.64 Å². The number of rotatable bonds is 1. The van der Waals surface area contributed by atoms with Gasteiger partial charge in [0, 0.05) is 22.7 Å². The van der Waals surface area contributed by atoms with Crippen LogP contribution in [-0.2, 0) is 10.8 Å². The Balaban J connectivity index is 1.13. The zero-order chi connectivity index (χ0) is 42.0. The van der Waals surface area contributed by atoms with Gasteiger partial charge in [-0.05, 0) is 121 Å². The molecule has 8 aromatic rings. The maximum atomic E-state index is 6.93. The second-order valence-corrected chi connectivity index (χ2v) is 22.9. The quantitative estimate of drug-likeness (QED) is 0.153. The fraction of sp³-hybridized carbons (Fsp3) is 0.133. The summed E-state index contributed by atoms with van der Waals surface area (Å²) in [6, 6.07) is 63.3. The van der Waals surface area contributed by atoms with E-state index in [4.69, 9.17) is 4.74 Å². The molecule has 2 aliphatic carbocycles. The second kappa shape index (κ2) is 12.2. The van der Waals surface area contributed by atoms with E-state index in [0.29, 0.717) is 11.8 Å². The van der Waals surface area contributed by atoms with E-state index in [-0.39, 0.29) is 5.41 Å². The van der Waals surface area contributed by atoms with Crippen LogP contribution in [0.3, 0.4) is 0 Å². The Hall–Kier alpha value is -6.94. The number of hydrogen-bond donors (Lipinski definition) is 0. The van der Waals surface area contributed by atoms with Crippen molar-refractivity contribution in [3.63, 3.8) is 0 Å². The summed E-state index contributed by atoms with van der Waals surface area (Å²) in [7, 11) is -2.71. The van der Waals surface area contributed by atoms with Crippen molar-refractivity contribution in [2.24, 2.45) is 5.92 Å². The number of para-hydroxylation sites is 1. The van der Waals surface area contributed by atoms with E-state index in [1.165, 1.54) is 105 Å². The molecule has 8 aromatic carbocycles. The Morgan fingerprint density at radius 2 is 1.08 bits per heavy atom. The molecule has 0 aromatic heterocycles. The number of aryl methyl sites for hydroxylation is 2. The van der Waals surface area contributed by atoms with Crippen LogP contribution in [-0.4, -0.2) is 8.07 Å². The lowest BCUT2D eigenvalue weighted by atomic mass is 9.59. The van der Waals surface area contributed by atoms with Gasteiger partial charge in [-0.2, -0.15) is 0 Å². The second-order valence-electron chi connectivity index (χ2n) is 19.3. The van der Waals surface area contributed by atoms with Crippen LogP contribution >= 0.6 is 0 Å². The third-order valence-electron chi connectivity index (χ3n) is 15.9. The van der Waals surface area contributed by atoms with Crippen molar-refractivity contribution in [2.45, 2.75) is 44.4 Å². The van der Waals surface area contributed by atoms with E-state index in [1.54, 1.807) is 0 Å². The molecule has 14 rings (SSSR count). The number of hydrogen-bond acceptors (Lipinski definition) is 2. The topological polar surface area (TPSA) is 12.5 Å². The number of allylic oxidation sites excluding steroid dienone is 4. The monoisotopic (exact) mass is 823 g/mol. The summed E-state index contributed by atoms with van der Waals surface area (Å²) in [5, 5.41) is 5.98. The highest BCUT2D eigenvalue weighted by atomic mass is 28.3. The van der Waals surface area contributed by atoms with Crippen LogP contribution in [0.15, 0.2) is 188 Å². The highest BCUT2D eigenvalue weighted by Crippen LogP contribution is 2.67. The molecular weight excluding hydrogens is 779 g/mol. The summed E-state index contributed by atoms with van der Waals surface area (Å²) in [6.07, 6.45) is 9.45. The minimum Gasteiger partial charge on any atom is -0.457 e. The van der Waals surface area contributed by atoms with Gasteiger partial charge in [-0.25, -0.2) is 0 Å². The molecule has 0 radical (unpaired) electrons. The number of anilines is 3. The molecule has 3 heteroatoms. The summed E-state index contributed by atoms with van der Waals surface area (Å²) >= 11 is 0. The zero-order valence-corrected chi connectivity index (χ0v) is 36.9. The summed E-state index contributed by atoms with van der Waals surface area (Å²) in [5.74, 6) is 2.49. The molecule has 2 spiro atoms. The van der Waals surface area contributed by atoms with Crippen molar-refractivity contribution in [3.05, 3.63) is 233 Å². The molecule has 0 amide bonds. The lowest BCUT2D eigenvalue weighted by molar-refractivity contribution is 0.394. The Kier molecular flexibility index (Phi) is 6.87. The molecule has 6 aliphatic rings. The molecule has 0 N–H and O–H groups in total. The van der Waals surface area contributed by atoms with Gasteiger partial charge in [-0.1, -0.05) is 183 Å². The first-order valence-electron chi connectivity index (χ1n) is 22.6. The summed E-state index contributed by atoms with van der Waals surface area (Å²) in [5.41, 5.74) is 18.8. The van der Waals surface area contributed by atoms with Crippen LogP contribution in [0.2, 0.25) is 0 Å². The van der Waals surface area contributed by atoms with Crippen molar-refractivity contribution in [3.8, 4) is 33.8 Å². The first kappa shape index (κ1) is 35.6. The van der Waals surface area contributed by atoms with E-state index in [0.717, 1.165) is 11.5 Å². The van der Waals surface area contributed by atoms with Gasteiger partial charge in [0.25, 0.3) is 0 Å². The Morgan fingerprint density at radius 3 is 1.73 bits per heavy atom. The van der Waals surface area contributed by atoms with Gasteiger partial charge in [-0.3, -0.25) is 0 Å². The SMILES string of the molecule is Cc1ccc2c(c1)C1(c3cc(C)ccc3O2)c2ccccc2N(c2ccc3c(c2)[Si]2(c4ccccc4-c4ccccc42)c2ccccc2-3)c2c1ccc1c2C(C)(C)C2C=CC=CC12. The Labute approximate surface area is 370 Å². The van der Waals surface area contributed by atoms with E-state index in [2.05, 4.69) is 221 Å². The van der Waals surface area contributed by atoms with Gasteiger partial charge >= 0.3 is 0 Å². The first-order valence-corrected chi connectivity index (χ1v) is 24.6. The molecule has 0 fully saturated rings. The van der Waals surface area contributed by atoms with Gasteiger partial charge in [0.2, 0.25) is 0 Å². The predicted octanol–water partition coefficient (Wildman–Crippen LogP) is 12.0. The first-order chi connectivity index (χ1) is 30.8. The third kappa shape index (κ3) is 4.20. The average Bonchev–Trinajstić information content (AvgIpc) is 3.87. The van der Waals surface area contributed by atoms with Crippen molar-refractivity contribution in [2.75, 3.05) is 4.90 Å². The number of ether oxygens (including phenoxy) is 1. The van der Waals surface area contributed by atoms with Crippen molar-refractivity contribution < 1.29 is 4.74 Å². The number of fused-ring (bicyclic) bond motifs is 22. The average molecular weight is 824 g/mol. The highest BCUT2D eigenvalue weighted by Gasteiger charge is 2.57. The lowest BCUT2D eigenvalue weighted by Crippen LogP contribution is -2.70. The maximum Gasteiger partial charge on any atom is 0.182 e. The number of benzene rings is 8. The molecule has 0 bridgehead atoms. The summed E-state index contributed by atoms with van der Waals surface area (Å²) in [4.78, 5) is 2.69. The molecule has 2 atom stereocenters. The van der Waals surface area contributed by atoms with Crippen LogP contribution in [0, 0.1) is 19.8 Å². The molecule has 2 nitrogen and oxygen atoms in total. The molecule has 63 heavy (non-hydrogen) atoms. The molecule has 4 aliphatic heterocycles. The van der Waals surface area contributed by atoms with Crippen LogP contribution in [0.25, 0.3) is 22.3 Å². The molecule has 2 unspecified atom stereocenters. The maximum absolute atomic E-state index is 6.93. The molecule has 300 valence electrons. The van der Waals surface area contributed by atoms with E-state index < -0.39 is 13.5 Å². The number of nitrogens with zero attached hydrogens (tertiary/aromatic N) is 1. The smallest absolute Gasteiger partial charge is 0.182 e. The largest absolute Gasteiger partial charge is 0.457 e. The van der Waals surface area contributed by atoms with Gasteiger partial charge in [0.1, 0.15) is 11.5 Å². The van der Waals surface area contributed by atoms with Crippen molar-refractivity contribution in [1.82, 2.24) is 0 Å². The van der Waals surface area contributed by atoms with Crippen LogP contribution in [0.5, 0.6) is 11.5 Å². The normalized spacial score (nSPS) is 19.5. The van der Waals surface area contributed by atoms with E-state index in [9.17, 15) is 0 Å². The van der Waals surface area contributed by atoms with Crippen LogP contribution < -0.4 is 30.4 Å². The van der Waals surface area contributed by atoms with Gasteiger partial charge in [-0.15, -0.1) is 0 Å². The molecule has 0 saturated carbocycles. The van der Waals surface area contributed by atoms with Gasteiger partial charge in [0.05, 0.1) is 16.8 Å². The highest BCUT2D eigenvalue weighted by molar-refractivity contribution is 7.24. The molecular formula is C60H45NOSi. The minimum atomic E-state index is -2.71. The van der Waals surface area contributed by atoms with Crippen molar-refractivity contribution >= 4 is 45.9 Å². The Morgan fingerprint density at radius 1 is 0.508 bits per heavy atom. The van der Waals surface area contributed by atoms with Gasteiger partial charge in [0.15, 0.2) is 8.07 Å². The zero-order valence-electron chi connectivity index (χ0n) is 35.9. The third-order valence-corrected chi connectivity index (χ3v) is 20.8. The van der Waals surface area contributed by atoms with E-state index in [1.807, 2.05) is 0 Å². The van der Waals surface area contributed by atoms with E-state index >= 15 is 0 Å². The fourth-order valence-corrected chi connectivity index (χ4v) is 19.1. The van der Waals surface area contributed by atoms with Crippen molar-refractivity contribution in [1.29, 1.82) is 0 Å². The Bertz CT molecular complexity index is 3310. The standard InChI is InChI=1S/C60H45NOSi/c1-36-25-31-51-48(33-36)60(49-34-37(2)26-32-52(49)62-51)46-20-10-11-21-50(46)61(58-47(60)30-29-44-39-15-5-9-19-45(39)59(3,4)57(44)58)38-27-28-43-42-18-8-14-24-55(42)63(56(43)35-38)53-22-12-6-16-40(53)41-17-7-13-23-54(41)63/h5-35,39,45H,1-4H3. The van der Waals surface area contributed by atoms with Crippen LogP contribution in [0.4, 0.5) is 17.1 Å². The minimum absolute atomic E-state index is 0.166. The predicted molar refractivity (Wildman–Crippen MR) is 262 cm³/mol. The molecule has 0 saturated heterocycles. The summed E-state index contributed by atoms with van der Waals surface area (Å²) in [6.45, 7) is 9.44.